The Hall–Kier alpha value is -3.71. The quantitative estimate of drug-likeness (QED) is 0.296. The second-order valence-electron chi connectivity index (χ2n) is 7.70. The lowest BCUT2D eigenvalue weighted by molar-refractivity contribution is -0.122. The van der Waals surface area contributed by atoms with E-state index in [2.05, 4.69) is 12.2 Å². The molecule has 0 bridgehead atoms. The van der Waals surface area contributed by atoms with E-state index in [9.17, 15) is 9.59 Å². The van der Waals surface area contributed by atoms with Gasteiger partial charge in [0.15, 0.2) is 5.11 Å². The smallest absolute Gasteiger partial charge is 0.270 e. The number of rotatable bonds is 7. The summed E-state index contributed by atoms with van der Waals surface area (Å²) in [7, 11) is 0. The summed E-state index contributed by atoms with van der Waals surface area (Å²) in [6, 6.07) is 17.1. The minimum Gasteiger partial charge on any atom is -0.494 e. The zero-order valence-electron chi connectivity index (χ0n) is 19.4. The molecule has 0 spiro atoms. The molecule has 1 heterocycles. The summed E-state index contributed by atoms with van der Waals surface area (Å²) >= 11 is 5.34. The molecular weight excluding hydrogens is 448 g/mol. The normalized spacial score (nSPS) is 15.1. The van der Waals surface area contributed by atoms with Crippen LogP contribution < -0.4 is 19.7 Å². The second kappa shape index (κ2) is 10.1. The molecule has 0 aliphatic carbocycles. The van der Waals surface area contributed by atoms with Gasteiger partial charge >= 0.3 is 0 Å². The van der Waals surface area contributed by atoms with Crippen LogP contribution in [0.1, 0.15) is 31.9 Å². The molecule has 0 saturated carbocycles. The number of nitrogens with zero attached hydrogens (tertiary/aromatic N) is 1. The summed E-state index contributed by atoms with van der Waals surface area (Å²) in [5, 5.41) is 4.46. The summed E-state index contributed by atoms with van der Waals surface area (Å²) in [5.74, 6) is 0.237. The van der Waals surface area contributed by atoms with Crippen LogP contribution in [0.15, 0.2) is 60.2 Å². The predicted octanol–water partition coefficient (Wildman–Crippen LogP) is 5.03. The maximum Gasteiger partial charge on any atom is 0.270 e. The van der Waals surface area contributed by atoms with Crippen molar-refractivity contribution < 1.29 is 19.1 Å². The van der Waals surface area contributed by atoms with Gasteiger partial charge in [-0.05, 0) is 85.2 Å². The van der Waals surface area contributed by atoms with E-state index in [1.54, 1.807) is 6.08 Å². The number of amides is 2. The first-order chi connectivity index (χ1) is 16.5. The van der Waals surface area contributed by atoms with Crippen molar-refractivity contribution in [2.45, 2.75) is 27.2 Å². The molecule has 1 fully saturated rings. The topological polar surface area (TPSA) is 67.9 Å². The van der Waals surface area contributed by atoms with Gasteiger partial charge in [0.2, 0.25) is 0 Å². The average Bonchev–Trinajstić information content (AvgIpc) is 2.83. The number of carbonyl (C=O) groups is 2. The summed E-state index contributed by atoms with van der Waals surface area (Å²) < 4.78 is 11.5. The van der Waals surface area contributed by atoms with Crippen LogP contribution in [0.2, 0.25) is 0 Å². The van der Waals surface area contributed by atoms with Gasteiger partial charge in [0.25, 0.3) is 11.8 Å². The van der Waals surface area contributed by atoms with Crippen LogP contribution in [0.25, 0.3) is 16.8 Å². The molecule has 1 aliphatic rings. The first kappa shape index (κ1) is 23.4. The molecule has 34 heavy (non-hydrogen) atoms. The summed E-state index contributed by atoms with van der Waals surface area (Å²) in [5.41, 5.74) is 2.35. The molecule has 0 radical (unpaired) electrons. The number of hydrogen-bond donors (Lipinski definition) is 1. The zero-order chi connectivity index (χ0) is 24.2. The fourth-order valence-corrected chi connectivity index (χ4v) is 4.19. The number of ether oxygens (including phenoxy) is 2. The van der Waals surface area contributed by atoms with Crippen molar-refractivity contribution in [1.82, 2.24) is 5.32 Å². The van der Waals surface area contributed by atoms with E-state index in [0.717, 1.165) is 22.8 Å². The number of benzene rings is 3. The largest absolute Gasteiger partial charge is 0.494 e. The van der Waals surface area contributed by atoms with Crippen molar-refractivity contribution in [1.29, 1.82) is 0 Å². The lowest BCUT2D eigenvalue weighted by Gasteiger charge is -2.29. The number of aryl methyl sites for hydroxylation is 1. The fraction of sp³-hybridized carbons (Fsp3) is 0.222. The molecule has 1 saturated heterocycles. The number of nitrogens with one attached hydrogen (secondary N) is 1. The fourth-order valence-electron chi connectivity index (χ4n) is 3.91. The van der Waals surface area contributed by atoms with Gasteiger partial charge in [-0.3, -0.25) is 19.8 Å². The highest BCUT2D eigenvalue weighted by Gasteiger charge is 2.34. The minimum atomic E-state index is -0.545. The van der Waals surface area contributed by atoms with E-state index in [1.807, 2.05) is 68.4 Å². The number of anilines is 1. The molecule has 3 aromatic carbocycles. The van der Waals surface area contributed by atoms with Gasteiger partial charge in [0.05, 0.1) is 18.9 Å². The Balaban J connectivity index is 1.85. The molecular formula is C27H26N2O4S. The van der Waals surface area contributed by atoms with E-state index >= 15 is 0 Å². The van der Waals surface area contributed by atoms with Gasteiger partial charge < -0.3 is 9.47 Å². The highest BCUT2D eigenvalue weighted by molar-refractivity contribution is 7.80. The standard InChI is InChI=1S/C27H26N2O4S/c1-4-17-7-11-19(12-8-17)29-26(31)23(25(30)28-27(29)34)16-22-21-15-20(32-5-2)13-9-18(21)10-14-24(22)33-6-3/h7-16H,4-6H2,1-3H3,(H,28,30,34)/b23-16+. The number of thiocarbonyl (C=S) groups is 1. The molecule has 2 amide bonds. The van der Waals surface area contributed by atoms with E-state index in [1.165, 1.54) is 4.90 Å². The Morgan fingerprint density at radius 1 is 0.941 bits per heavy atom. The Labute approximate surface area is 204 Å². The third kappa shape index (κ3) is 4.52. The van der Waals surface area contributed by atoms with Gasteiger partial charge in [-0.25, -0.2) is 0 Å². The third-order valence-corrected chi connectivity index (χ3v) is 5.88. The Kier molecular flexibility index (Phi) is 6.93. The molecule has 0 unspecified atom stereocenters. The van der Waals surface area contributed by atoms with Crippen molar-refractivity contribution in [2.75, 3.05) is 18.1 Å². The number of fused-ring (bicyclic) bond motifs is 1. The van der Waals surface area contributed by atoms with Gasteiger partial charge in [-0.15, -0.1) is 0 Å². The zero-order valence-corrected chi connectivity index (χ0v) is 20.2. The summed E-state index contributed by atoms with van der Waals surface area (Å²) in [6.45, 7) is 6.82. The van der Waals surface area contributed by atoms with Crippen molar-refractivity contribution in [2.24, 2.45) is 0 Å². The first-order valence-electron chi connectivity index (χ1n) is 11.3. The summed E-state index contributed by atoms with van der Waals surface area (Å²) in [6.07, 6.45) is 2.46. The molecule has 3 aromatic rings. The van der Waals surface area contributed by atoms with E-state index in [4.69, 9.17) is 21.7 Å². The SMILES string of the molecule is CCOc1ccc2ccc(OCC)c(/C=C3\C(=O)NC(=S)N(c4ccc(CC)cc4)C3=O)c2c1. The monoisotopic (exact) mass is 474 g/mol. The van der Waals surface area contributed by atoms with Crippen LogP contribution in [0, 0.1) is 0 Å². The Bertz CT molecular complexity index is 1290. The second-order valence-corrected chi connectivity index (χ2v) is 8.09. The van der Waals surface area contributed by atoms with E-state index in [-0.39, 0.29) is 10.7 Å². The third-order valence-electron chi connectivity index (χ3n) is 5.60. The van der Waals surface area contributed by atoms with E-state index < -0.39 is 11.8 Å². The maximum absolute atomic E-state index is 13.5. The first-order valence-corrected chi connectivity index (χ1v) is 11.7. The Morgan fingerprint density at radius 3 is 2.32 bits per heavy atom. The van der Waals surface area contributed by atoms with Crippen LogP contribution in [0.3, 0.4) is 0 Å². The van der Waals surface area contributed by atoms with Crippen LogP contribution in [-0.2, 0) is 16.0 Å². The molecule has 0 aromatic heterocycles. The van der Waals surface area contributed by atoms with Crippen LogP contribution in [-0.4, -0.2) is 30.1 Å². The van der Waals surface area contributed by atoms with Gasteiger partial charge in [-0.1, -0.05) is 31.2 Å². The van der Waals surface area contributed by atoms with Crippen molar-refractivity contribution in [3.8, 4) is 11.5 Å². The van der Waals surface area contributed by atoms with Crippen molar-refractivity contribution in [3.63, 3.8) is 0 Å². The lowest BCUT2D eigenvalue weighted by Crippen LogP contribution is -2.54. The van der Waals surface area contributed by atoms with Gasteiger partial charge in [0.1, 0.15) is 17.1 Å². The van der Waals surface area contributed by atoms with Crippen LogP contribution >= 0.6 is 12.2 Å². The highest BCUT2D eigenvalue weighted by atomic mass is 32.1. The highest BCUT2D eigenvalue weighted by Crippen LogP contribution is 2.34. The van der Waals surface area contributed by atoms with Crippen LogP contribution in [0.5, 0.6) is 11.5 Å². The lowest BCUT2D eigenvalue weighted by atomic mass is 9.99. The molecule has 1 N–H and O–H groups in total. The van der Waals surface area contributed by atoms with Gasteiger partial charge in [-0.2, -0.15) is 0 Å². The van der Waals surface area contributed by atoms with Crippen molar-refractivity contribution >= 4 is 51.7 Å². The number of carbonyl (C=O) groups excluding carboxylic acids is 2. The van der Waals surface area contributed by atoms with E-state index in [0.29, 0.717) is 36.0 Å². The molecule has 174 valence electrons. The Morgan fingerprint density at radius 2 is 1.65 bits per heavy atom. The number of hydrogen-bond acceptors (Lipinski definition) is 5. The summed E-state index contributed by atoms with van der Waals surface area (Å²) in [4.78, 5) is 27.8. The average molecular weight is 475 g/mol. The van der Waals surface area contributed by atoms with Crippen LogP contribution in [0.4, 0.5) is 5.69 Å². The molecule has 7 heteroatoms. The predicted molar refractivity (Wildman–Crippen MR) is 138 cm³/mol. The molecule has 4 rings (SSSR count). The maximum atomic E-state index is 13.5. The van der Waals surface area contributed by atoms with Crippen molar-refractivity contribution in [3.05, 3.63) is 71.3 Å². The van der Waals surface area contributed by atoms with Gasteiger partial charge in [0, 0.05) is 5.56 Å². The molecule has 6 nitrogen and oxygen atoms in total. The minimum absolute atomic E-state index is 0.0246. The molecule has 1 aliphatic heterocycles. The molecule has 0 atom stereocenters.